The first-order valence-electron chi connectivity index (χ1n) is 6.87. The molecular formula is C16H18BrN3. The van der Waals surface area contributed by atoms with E-state index in [2.05, 4.69) is 63.1 Å². The number of rotatable bonds is 2. The van der Waals surface area contributed by atoms with Crippen LogP contribution in [0.3, 0.4) is 0 Å². The normalized spacial score (nSPS) is 17.9. The van der Waals surface area contributed by atoms with Crippen LogP contribution in [0.1, 0.15) is 22.7 Å². The lowest BCUT2D eigenvalue weighted by atomic mass is 9.92. The lowest BCUT2D eigenvalue weighted by molar-refractivity contribution is 0.584. The van der Waals surface area contributed by atoms with Gasteiger partial charge in [0.1, 0.15) is 5.82 Å². The first-order chi connectivity index (χ1) is 9.70. The Labute approximate surface area is 127 Å². The Kier molecular flexibility index (Phi) is 3.76. The molecule has 0 saturated carbocycles. The minimum Gasteiger partial charge on any atom is -0.348 e. The summed E-state index contributed by atoms with van der Waals surface area (Å²) in [7, 11) is 0. The number of benzene rings is 1. The SMILES string of the molecule is Cc1cc(N2CCc3ccccc3C2CN)ncc1Br. The molecule has 3 nitrogen and oxygen atoms in total. The molecule has 104 valence electrons. The Morgan fingerprint density at radius 1 is 1.40 bits per heavy atom. The lowest BCUT2D eigenvalue weighted by Crippen LogP contribution is -2.39. The van der Waals surface area contributed by atoms with E-state index in [0.717, 1.165) is 23.3 Å². The fraction of sp³-hybridized carbons (Fsp3) is 0.312. The number of halogens is 1. The number of aromatic nitrogens is 1. The van der Waals surface area contributed by atoms with Gasteiger partial charge in [-0.2, -0.15) is 0 Å². The van der Waals surface area contributed by atoms with Crippen LogP contribution in [0.5, 0.6) is 0 Å². The summed E-state index contributed by atoms with van der Waals surface area (Å²) in [6.07, 6.45) is 2.92. The third-order valence-corrected chi connectivity index (χ3v) is 4.79. The van der Waals surface area contributed by atoms with Gasteiger partial charge in [-0.15, -0.1) is 0 Å². The van der Waals surface area contributed by atoms with Crippen LogP contribution in [0.4, 0.5) is 5.82 Å². The summed E-state index contributed by atoms with van der Waals surface area (Å²) in [5.74, 6) is 1.01. The van der Waals surface area contributed by atoms with E-state index in [4.69, 9.17) is 5.73 Å². The zero-order valence-corrected chi connectivity index (χ0v) is 13.1. The van der Waals surface area contributed by atoms with Gasteiger partial charge in [-0.25, -0.2) is 4.98 Å². The predicted molar refractivity (Wildman–Crippen MR) is 86.0 cm³/mol. The third kappa shape index (κ3) is 2.34. The Morgan fingerprint density at radius 3 is 2.95 bits per heavy atom. The first kappa shape index (κ1) is 13.6. The average molecular weight is 332 g/mol. The standard InChI is InChI=1S/C16H18BrN3/c1-11-8-16(19-10-14(11)17)20-7-6-12-4-2-3-5-13(12)15(20)9-18/h2-5,8,10,15H,6-7,9,18H2,1H3. The van der Waals surface area contributed by atoms with Gasteiger partial charge in [0.25, 0.3) is 0 Å². The van der Waals surface area contributed by atoms with E-state index in [9.17, 15) is 0 Å². The summed E-state index contributed by atoms with van der Waals surface area (Å²) in [4.78, 5) is 6.88. The van der Waals surface area contributed by atoms with Crippen molar-refractivity contribution >= 4 is 21.7 Å². The fourth-order valence-electron chi connectivity index (χ4n) is 2.86. The van der Waals surface area contributed by atoms with E-state index >= 15 is 0 Å². The van der Waals surface area contributed by atoms with Crippen molar-refractivity contribution in [3.63, 3.8) is 0 Å². The van der Waals surface area contributed by atoms with Crippen LogP contribution in [0.25, 0.3) is 0 Å². The van der Waals surface area contributed by atoms with Crippen LogP contribution >= 0.6 is 15.9 Å². The van der Waals surface area contributed by atoms with Gasteiger partial charge in [0.05, 0.1) is 6.04 Å². The summed E-state index contributed by atoms with van der Waals surface area (Å²) < 4.78 is 1.04. The smallest absolute Gasteiger partial charge is 0.129 e. The largest absolute Gasteiger partial charge is 0.348 e. The number of aryl methyl sites for hydroxylation is 1. The highest BCUT2D eigenvalue weighted by molar-refractivity contribution is 9.10. The van der Waals surface area contributed by atoms with E-state index in [0.29, 0.717) is 6.54 Å². The predicted octanol–water partition coefficient (Wildman–Crippen LogP) is 3.22. The number of fused-ring (bicyclic) bond motifs is 1. The minimum absolute atomic E-state index is 0.216. The molecule has 0 amide bonds. The zero-order valence-electron chi connectivity index (χ0n) is 11.5. The fourth-order valence-corrected chi connectivity index (χ4v) is 3.08. The molecule has 20 heavy (non-hydrogen) atoms. The van der Waals surface area contributed by atoms with E-state index in [-0.39, 0.29) is 6.04 Å². The van der Waals surface area contributed by atoms with Crippen molar-refractivity contribution in [1.29, 1.82) is 0 Å². The maximum atomic E-state index is 6.04. The maximum Gasteiger partial charge on any atom is 0.129 e. The molecule has 1 unspecified atom stereocenters. The van der Waals surface area contributed by atoms with Gasteiger partial charge < -0.3 is 10.6 Å². The van der Waals surface area contributed by atoms with Gasteiger partial charge in [-0.1, -0.05) is 24.3 Å². The quantitative estimate of drug-likeness (QED) is 0.918. The van der Waals surface area contributed by atoms with E-state index in [1.54, 1.807) is 0 Å². The molecule has 4 heteroatoms. The zero-order chi connectivity index (χ0) is 14.1. The second-order valence-corrected chi connectivity index (χ2v) is 6.04. The Balaban J connectivity index is 2.00. The van der Waals surface area contributed by atoms with Gasteiger partial charge in [-0.3, -0.25) is 0 Å². The molecule has 0 fully saturated rings. The number of pyridine rings is 1. The summed E-state index contributed by atoms with van der Waals surface area (Å²) in [5, 5.41) is 0. The Bertz CT molecular complexity index is 627. The molecule has 0 bridgehead atoms. The monoisotopic (exact) mass is 331 g/mol. The van der Waals surface area contributed by atoms with E-state index < -0.39 is 0 Å². The van der Waals surface area contributed by atoms with Crippen molar-refractivity contribution in [3.8, 4) is 0 Å². The van der Waals surface area contributed by atoms with Crippen molar-refractivity contribution in [3.05, 3.63) is 57.7 Å². The minimum atomic E-state index is 0.216. The molecule has 1 aromatic carbocycles. The number of hydrogen-bond donors (Lipinski definition) is 1. The van der Waals surface area contributed by atoms with E-state index in [1.807, 2.05) is 6.20 Å². The first-order valence-corrected chi connectivity index (χ1v) is 7.66. The molecule has 1 atom stereocenters. The van der Waals surface area contributed by atoms with Gasteiger partial charge in [0, 0.05) is 23.8 Å². The molecule has 2 N–H and O–H groups in total. The topological polar surface area (TPSA) is 42.1 Å². The molecule has 3 rings (SSSR count). The van der Waals surface area contributed by atoms with Crippen molar-refractivity contribution in [2.45, 2.75) is 19.4 Å². The number of nitrogens with two attached hydrogens (primary N) is 1. The highest BCUT2D eigenvalue weighted by atomic mass is 79.9. The molecular weight excluding hydrogens is 314 g/mol. The lowest BCUT2D eigenvalue weighted by Gasteiger charge is -2.37. The van der Waals surface area contributed by atoms with Crippen LogP contribution in [0, 0.1) is 6.92 Å². The number of nitrogens with zero attached hydrogens (tertiary/aromatic N) is 2. The van der Waals surface area contributed by atoms with Gasteiger partial charge >= 0.3 is 0 Å². The third-order valence-electron chi connectivity index (χ3n) is 3.96. The Morgan fingerprint density at radius 2 is 2.20 bits per heavy atom. The molecule has 2 heterocycles. The summed E-state index contributed by atoms with van der Waals surface area (Å²) in [6.45, 7) is 3.66. The van der Waals surface area contributed by atoms with E-state index in [1.165, 1.54) is 16.7 Å². The van der Waals surface area contributed by atoms with Gasteiger partial charge in [-0.05, 0) is 52.0 Å². The van der Waals surface area contributed by atoms with Crippen molar-refractivity contribution in [1.82, 2.24) is 4.98 Å². The summed E-state index contributed by atoms with van der Waals surface area (Å²) in [5.41, 5.74) is 9.98. The number of hydrogen-bond acceptors (Lipinski definition) is 3. The second kappa shape index (κ2) is 5.54. The molecule has 0 aliphatic carbocycles. The van der Waals surface area contributed by atoms with Crippen LogP contribution in [-0.2, 0) is 6.42 Å². The van der Waals surface area contributed by atoms with Gasteiger partial charge in [0.2, 0.25) is 0 Å². The highest BCUT2D eigenvalue weighted by Crippen LogP contribution is 2.33. The molecule has 2 aromatic rings. The second-order valence-electron chi connectivity index (χ2n) is 5.19. The Hall–Kier alpha value is -1.39. The van der Waals surface area contributed by atoms with Gasteiger partial charge in [0.15, 0.2) is 0 Å². The molecule has 1 aliphatic heterocycles. The molecule has 1 aliphatic rings. The van der Waals surface area contributed by atoms with Crippen LogP contribution in [0.2, 0.25) is 0 Å². The highest BCUT2D eigenvalue weighted by Gasteiger charge is 2.27. The average Bonchev–Trinajstić information content (AvgIpc) is 2.49. The summed E-state index contributed by atoms with van der Waals surface area (Å²) >= 11 is 3.51. The summed E-state index contributed by atoms with van der Waals surface area (Å²) in [6, 6.07) is 10.9. The molecule has 0 spiro atoms. The van der Waals surface area contributed by atoms with Crippen LogP contribution < -0.4 is 10.6 Å². The maximum absolute atomic E-state index is 6.04. The van der Waals surface area contributed by atoms with Crippen molar-refractivity contribution in [2.75, 3.05) is 18.0 Å². The molecule has 0 saturated heterocycles. The number of anilines is 1. The van der Waals surface area contributed by atoms with Crippen LogP contribution in [-0.4, -0.2) is 18.1 Å². The van der Waals surface area contributed by atoms with Crippen molar-refractivity contribution in [2.24, 2.45) is 5.73 Å². The molecule has 1 aromatic heterocycles. The van der Waals surface area contributed by atoms with Crippen LogP contribution in [0.15, 0.2) is 41.0 Å². The van der Waals surface area contributed by atoms with Crippen molar-refractivity contribution < 1.29 is 0 Å². The molecule has 0 radical (unpaired) electrons.